The van der Waals surface area contributed by atoms with Crippen molar-refractivity contribution < 1.29 is 14.6 Å². The molecule has 2 atom stereocenters. The summed E-state index contributed by atoms with van der Waals surface area (Å²) in [6.07, 6.45) is 2.56. The van der Waals surface area contributed by atoms with Crippen LogP contribution >= 0.6 is 0 Å². The summed E-state index contributed by atoms with van der Waals surface area (Å²) in [5, 5.41) is 9.33. The lowest BCUT2D eigenvalue weighted by Gasteiger charge is -2.31. The molecule has 0 aromatic heterocycles. The number of aliphatic carboxylic acids is 1. The van der Waals surface area contributed by atoms with Crippen LogP contribution in [0.4, 0.5) is 0 Å². The van der Waals surface area contributed by atoms with Gasteiger partial charge in [0, 0.05) is 11.6 Å². The fourth-order valence-corrected chi connectivity index (χ4v) is 3.00. The van der Waals surface area contributed by atoms with Crippen molar-refractivity contribution in [1.29, 1.82) is 0 Å². The number of methoxy groups -OCH3 is 1. The SMILES string of the molecule is CCC(c1ccccc1OC)N1CCCC1C(=O)O. The largest absolute Gasteiger partial charge is 0.496 e. The Hall–Kier alpha value is -1.55. The van der Waals surface area contributed by atoms with Crippen molar-refractivity contribution >= 4 is 5.97 Å². The van der Waals surface area contributed by atoms with Gasteiger partial charge in [0.2, 0.25) is 0 Å². The normalized spacial score (nSPS) is 21.3. The van der Waals surface area contributed by atoms with Gasteiger partial charge in [-0.05, 0) is 31.9 Å². The highest BCUT2D eigenvalue weighted by atomic mass is 16.5. The summed E-state index contributed by atoms with van der Waals surface area (Å²) in [6, 6.07) is 7.63. The van der Waals surface area contributed by atoms with Gasteiger partial charge in [0.1, 0.15) is 11.8 Å². The molecule has 0 radical (unpaired) electrons. The molecule has 19 heavy (non-hydrogen) atoms. The van der Waals surface area contributed by atoms with Gasteiger partial charge in [-0.15, -0.1) is 0 Å². The Morgan fingerprint density at radius 1 is 1.53 bits per heavy atom. The Kier molecular flexibility index (Phi) is 4.43. The summed E-state index contributed by atoms with van der Waals surface area (Å²) in [6.45, 7) is 2.93. The number of ether oxygens (including phenoxy) is 1. The number of rotatable bonds is 5. The maximum absolute atomic E-state index is 11.3. The summed E-state index contributed by atoms with van der Waals surface area (Å²) in [5.74, 6) is 0.122. The molecule has 4 heteroatoms. The molecule has 0 aliphatic carbocycles. The first-order chi connectivity index (χ1) is 9.19. The quantitative estimate of drug-likeness (QED) is 0.887. The van der Waals surface area contributed by atoms with E-state index in [4.69, 9.17) is 4.74 Å². The van der Waals surface area contributed by atoms with E-state index < -0.39 is 5.97 Å². The van der Waals surface area contributed by atoms with Crippen molar-refractivity contribution in [3.8, 4) is 5.75 Å². The smallest absolute Gasteiger partial charge is 0.320 e. The van der Waals surface area contributed by atoms with Crippen LogP contribution in [0, 0.1) is 0 Å². The van der Waals surface area contributed by atoms with Crippen molar-refractivity contribution in [2.45, 2.75) is 38.3 Å². The van der Waals surface area contributed by atoms with Gasteiger partial charge in [0.05, 0.1) is 7.11 Å². The van der Waals surface area contributed by atoms with E-state index in [0.29, 0.717) is 0 Å². The van der Waals surface area contributed by atoms with Crippen molar-refractivity contribution in [2.24, 2.45) is 0 Å². The van der Waals surface area contributed by atoms with Gasteiger partial charge in [0.25, 0.3) is 0 Å². The summed E-state index contributed by atoms with van der Waals surface area (Å²) in [5.41, 5.74) is 1.08. The van der Waals surface area contributed by atoms with Crippen LogP contribution in [0.1, 0.15) is 37.8 Å². The second-order valence-electron chi connectivity index (χ2n) is 4.90. The third kappa shape index (κ3) is 2.73. The number of nitrogens with zero attached hydrogens (tertiary/aromatic N) is 1. The Labute approximate surface area is 114 Å². The number of likely N-dealkylation sites (tertiary alicyclic amines) is 1. The molecule has 104 valence electrons. The third-order valence-electron chi connectivity index (χ3n) is 3.86. The molecular weight excluding hydrogens is 242 g/mol. The zero-order chi connectivity index (χ0) is 13.8. The van der Waals surface area contributed by atoms with E-state index in [1.165, 1.54) is 0 Å². The molecule has 0 saturated carbocycles. The van der Waals surface area contributed by atoms with E-state index in [1.54, 1.807) is 7.11 Å². The van der Waals surface area contributed by atoms with Crippen LogP contribution in [0.15, 0.2) is 24.3 Å². The molecule has 1 aliphatic heterocycles. The summed E-state index contributed by atoms with van der Waals surface area (Å²) in [7, 11) is 1.66. The average Bonchev–Trinajstić information content (AvgIpc) is 2.89. The van der Waals surface area contributed by atoms with E-state index in [2.05, 4.69) is 11.8 Å². The standard InChI is InChI=1S/C15H21NO3/c1-3-12(11-7-4-5-9-14(11)19-2)16-10-6-8-13(16)15(17)18/h4-5,7,9,12-13H,3,6,8,10H2,1-2H3,(H,17,18). The van der Waals surface area contributed by atoms with E-state index >= 15 is 0 Å². The lowest BCUT2D eigenvalue weighted by atomic mass is 10.0. The highest BCUT2D eigenvalue weighted by molar-refractivity contribution is 5.74. The van der Waals surface area contributed by atoms with Crippen molar-refractivity contribution in [2.75, 3.05) is 13.7 Å². The summed E-state index contributed by atoms with van der Waals surface area (Å²) < 4.78 is 5.41. The van der Waals surface area contributed by atoms with Crippen LogP contribution in [-0.4, -0.2) is 35.7 Å². The van der Waals surface area contributed by atoms with Gasteiger partial charge in [-0.2, -0.15) is 0 Å². The second-order valence-corrected chi connectivity index (χ2v) is 4.90. The maximum Gasteiger partial charge on any atom is 0.320 e. The van der Waals surface area contributed by atoms with Gasteiger partial charge >= 0.3 is 5.97 Å². The average molecular weight is 263 g/mol. The van der Waals surface area contributed by atoms with E-state index in [-0.39, 0.29) is 12.1 Å². The predicted octanol–water partition coefficient (Wildman–Crippen LogP) is 2.70. The van der Waals surface area contributed by atoms with E-state index in [9.17, 15) is 9.90 Å². The Bertz CT molecular complexity index is 447. The molecule has 1 fully saturated rings. The molecular formula is C15H21NO3. The molecule has 0 bridgehead atoms. The minimum absolute atomic E-state index is 0.111. The maximum atomic E-state index is 11.3. The molecule has 2 unspecified atom stereocenters. The molecule has 4 nitrogen and oxygen atoms in total. The minimum Gasteiger partial charge on any atom is -0.496 e. The third-order valence-corrected chi connectivity index (χ3v) is 3.86. The minimum atomic E-state index is -0.717. The number of hydrogen-bond acceptors (Lipinski definition) is 3. The number of para-hydroxylation sites is 1. The molecule has 1 heterocycles. The first-order valence-corrected chi connectivity index (χ1v) is 6.80. The number of carbonyl (C=O) groups is 1. The molecule has 0 amide bonds. The lowest BCUT2D eigenvalue weighted by Crippen LogP contribution is -2.38. The Balaban J connectivity index is 2.31. The van der Waals surface area contributed by atoms with Crippen LogP contribution in [-0.2, 0) is 4.79 Å². The first kappa shape index (κ1) is 13.9. The van der Waals surface area contributed by atoms with Crippen LogP contribution < -0.4 is 4.74 Å². The molecule has 2 rings (SSSR count). The Morgan fingerprint density at radius 2 is 2.26 bits per heavy atom. The van der Waals surface area contributed by atoms with Crippen molar-refractivity contribution in [3.63, 3.8) is 0 Å². The van der Waals surface area contributed by atoms with Gasteiger partial charge in [-0.3, -0.25) is 9.69 Å². The zero-order valence-electron chi connectivity index (χ0n) is 11.5. The van der Waals surface area contributed by atoms with Crippen LogP contribution in [0.3, 0.4) is 0 Å². The van der Waals surface area contributed by atoms with Crippen LogP contribution in [0.2, 0.25) is 0 Å². The molecule has 0 spiro atoms. The fourth-order valence-electron chi connectivity index (χ4n) is 3.00. The van der Waals surface area contributed by atoms with Crippen molar-refractivity contribution in [1.82, 2.24) is 4.90 Å². The molecule has 1 N–H and O–H groups in total. The number of benzene rings is 1. The Morgan fingerprint density at radius 3 is 2.89 bits per heavy atom. The second kappa shape index (κ2) is 6.06. The number of hydrogen-bond donors (Lipinski definition) is 1. The highest BCUT2D eigenvalue weighted by Gasteiger charge is 2.36. The topological polar surface area (TPSA) is 49.8 Å². The van der Waals surface area contributed by atoms with Crippen molar-refractivity contribution in [3.05, 3.63) is 29.8 Å². The zero-order valence-corrected chi connectivity index (χ0v) is 11.5. The highest BCUT2D eigenvalue weighted by Crippen LogP contribution is 2.36. The number of carboxylic acid groups (broad SMARTS) is 1. The first-order valence-electron chi connectivity index (χ1n) is 6.80. The van der Waals surface area contributed by atoms with Gasteiger partial charge in [0.15, 0.2) is 0 Å². The fraction of sp³-hybridized carbons (Fsp3) is 0.533. The molecule has 1 aliphatic rings. The van der Waals surface area contributed by atoms with Crippen LogP contribution in [0.25, 0.3) is 0 Å². The van der Waals surface area contributed by atoms with E-state index in [0.717, 1.165) is 37.1 Å². The summed E-state index contributed by atoms with van der Waals surface area (Å²) >= 11 is 0. The van der Waals surface area contributed by atoms with Gasteiger partial charge < -0.3 is 9.84 Å². The molecule has 1 aromatic rings. The molecule has 1 saturated heterocycles. The van der Waals surface area contributed by atoms with Gasteiger partial charge in [-0.1, -0.05) is 25.1 Å². The van der Waals surface area contributed by atoms with E-state index in [1.807, 2.05) is 24.3 Å². The lowest BCUT2D eigenvalue weighted by molar-refractivity contribution is -0.143. The van der Waals surface area contributed by atoms with Gasteiger partial charge in [-0.25, -0.2) is 0 Å². The summed E-state index contributed by atoms with van der Waals surface area (Å²) in [4.78, 5) is 13.4. The number of carboxylic acids is 1. The monoisotopic (exact) mass is 263 g/mol. The molecule has 1 aromatic carbocycles. The predicted molar refractivity (Wildman–Crippen MR) is 73.4 cm³/mol. The van der Waals surface area contributed by atoms with Crippen LogP contribution in [0.5, 0.6) is 5.75 Å².